The molecule has 0 radical (unpaired) electrons. The molecule has 3 rings (SSSR count). The molecule has 0 spiro atoms. The van der Waals surface area contributed by atoms with Gasteiger partial charge < -0.3 is 13.6 Å². The number of carbonyl (C=O) groups excluding carboxylic acids is 1. The lowest BCUT2D eigenvalue weighted by atomic mass is 10.2. The van der Waals surface area contributed by atoms with E-state index in [0.29, 0.717) is 11.5 Å². The Labute approximate surface area is 127 Å². The van der Waals surface area contributed by atoms with Gasteiger partial charge in [-0.05, 0) is 60.7 Å². The molecule has 4 heteroatoms. The van der Waals surface area contributed by atoms with E-state index in [2.05, 4.69) is 0 Å². The van der Waals surface area contributed by atoms with Gasteiger partial charge in [0.1, 0.15) is 17.3 Å². The lowest BCUT2D eigenvalue weighted by Crippen LogP contribution is -1.89. The van der Waals surface area contributed by atoms with Crippen LogP contribution in [-0.2, 0) is 0 Å². The fourth-order valence-electron chi connectivity index (χ4n) is 2.01. The van der Waals surface area contributed by atoms with Gasteiger partial charge >= 0.3 is 0 Å². The summed E-state index contributed by atoms with van der Waals surface area (Å²) in [6.45, 7) is 0. The van der Waals surface area contributed by atoms with E-state index in [-0.39, 0.29) is 5.78 Å². The van der Waals surface area contributed by atoms with E-state index in [9.17, 15) is 4.79 Å². The van der Waals surface area contributed by atoms with Gasteiger partial charge in [0.2, 0.25) is 5.78 Å². The third kappa shape index (κ3) is 3.01. The van der Waals surface area contributed by atoms with Gasteiger partial charge in [0.25, 0.3) is 0 Å². The zero-order valence-electron chi connectivity index (χ0n) is 12.0. The minimum absolute atomic E-state index is 0.201. The van der Waals surface area contributed by atoms with Crippen LogP contribution in [-0.4, -0.2) is 12.9 Å². The topological polar surface area (TPSA) is 52.6 Å². The molecule has 0 bridgehead atoms. The van der Waals surface area contributed by atoms with E-state index in [1.165, 1.54) is 12.3 Å². The molecule has 4 nitrogen and oxygen atoms in total. The van der Waals surface area contributed by atoms with Gasteiger partial charge in [-0.1, -0.05) is 0 Å². The maximum absolute atomic E-state index is 11.8. The molecule has 0 N–H and O–H groups in total. The third-order valence-electron chi connectivity index (χ3n) is 3.16. The van der Waals surface area contributed by atoms with E-state index < -0.39 is 0 Å². The van der Waals surface area contributed by atoms with Crippen LogP contribution in [0.5, 0.6) is 5.75 Å². The molecule has 110 valence electrons. The molecule has 0 unspecified atom stereocenters. The first-order valence-electron chi connectivity index (χ1n) is 6.76. The molecule has 0 aliphatic heterocycles. The molecule has 0 saturated heterocycles. The highest BCUT2D eigenvalue weighted by Gasteiger charge is 2.06. The second-order valence-electron chi connectivity index (χ2n) is 4.61. The molecule has 2 heterocycles. The standard InChI is InChI=1S/C18H14O4/c1-20-14-6-4-13(5-7-14)17-11-9-15(22-17)8-10-16(19)18-3-2-12-21-18/h2-12H,1H3/b10-8+. The third-order valence-corrected chi connectivity index (χ3v) is 3.16. The Hall–Kier alpha value is -3.01. The summed E-state index contributed by atoms with van der Waals surface area (Å²) in [7, 11) is 1.63. The van der Waals surface area contributed by atoms with Crippen LogP contribution in [0.15, 0.2) is 69.7 Å². The monoisotopic (exact) mass is 294 g/mol. The molecule has 22 heavy (non-hydrogen) atoms. The maximum atomic E-state index is 11.8. The molecular weight excluding hydrogens is 280 g/mol. The number of carbonyl (C=O) groups is 1. The van der Waals surface area contributed by atoms with Crippen molar-refractivity contribution in [1.29, 1.82) is 0 Å². The smallest absolute Gasteiger partial charge is 0.221 e. The first-order chi connectivity index (χ1) is 10.8. The summed E-state index contributed by atoms with van der Waals surface area (Å²) in [6.07, 6.45) is 4.52. The Morgan fingerprint density at radius 2 is 1.91 bits per heavy atom. The van der Waals surface area contributed by atoms with Crippen molar-refractivity contribution in [3.05, 3.63) is 72.4 Å². The highest BCUT2D eigenvalue weighted by Crippen LogP contribution is 2.25. The Balaban J connectivity index is 1.74. The molecule has 0 saturated carbocycles. The summed E-state index contributed by atoms with van der Waals surface area (Å²) in [5, 5.41) is 0. The average Bonchev–Trinajstić information content (AvgIpc) is 3.24. The molecular formula is C18H14O4. The molecule has 2 aromatic heterocycles. The molecule has 0 amide bonds. The zero-order chi connectivity index (χ0) is 15.4. The summed E-state index contributed by atoms with van der Waals surface area (Å²) in [4.78, 5) is 11.8. The van der Waals surface area contributed by atoms with Crippen molar-refractivity contribution in [2.24, 2.45) is 0 Å². The Morgan fingerprint density at radius 1 is 1.09 bits per heavy atom. The zero-order valence-corrected chi connectivity index (χ0v) is 12.0. The van der Waals surface area contributed by atoms with E-state index in [1.807, 2.05) is 36.4 Å². The van der Waals surface area contributed by atoms with Crippen LogP contribution in [0.25, 0.3) is 17.4 Å². The van der Waals surface area contributed by atoms with Crippen LogP contribution < -0.4 is 4.74 Å². The van der Waals surface area contributed by atoms with Gasteiger partial charge in [0.15, 0.2) is 5.76 Å². The van der Waals surface area contributed by atoms with Crippen molar-refractivity contribution >= 4 is 11.9 Å². The van der Waals surface area contributed by atoms with Crippen molar-refractivity contribution < 1.29 is 18.4 Å². The number of methoxy groups -OCH3 is 1. The molecule has 3 aromatic rings. The number of allylic oxidation sites excluding steroid dienone is 1. The highest BCUT2D eigenvalue weighted by molar-refractivity contribution is 6.04. The first kappa shape index (κ1) is 13.9. The van der Waals surface area contributed by atoms with Crippen molar-refractivity contribution in [1.82, 2.24) is 0 Å². The van der Waals surface area contributed by atoms with Gasteiger partial charge in [-0.25, -0.2) is 0 Å². The number of ether oxygens (including phenoxy) is 1. The van der Waals surface area contributed by atoms with Crippen LogP contribution in [0, 0.1) is 0 Å². The van der Waals surface area contributed by atoms with E-state index in [1.54, 1.807) is 25.3 Å². The predicted octanol–water partition coefficient (Wildman–Crippen LogP) is 4.44. The molecule has 0 fully saturated rings. The Kier molecular flexibility index (Phi) is 3.92. The largest absolute Gasteiger partial charge is 0.497 e. The summed E-state index contributed by atoms with van der Waals surface area (Å²) in [6, 6.07) is 14.5. The van der Waals surface area contributed by atoms with E-state index in [0.717, 1.165) is 17.1 Å². The fourth-order valence-corrected chi connectivity index (χ4v) is 2.01. The van der Waals surface area contributed by atoms with Crippen LogP contribution in [0.4, 0.5) is 0 Å². The van der Waals surface area contributed by atoms with Gasteiger partial charge in [0, 0.05) is 5.56 Å². The quantitative estimate of drug-likeness (QED) is 0.515. The summed E-state index contributed by atoms with van der Waals surface area (Å²) >= 11 is 0. The average molecular weight is 294 g/mol. The molecule has 0 aliphatic rings. The lowest BCUT2D eigenvalue weighted by molar-refractivity contribution is 0.102. The van der Waals surface area contributed by atoms with Gasteiger partial charge in [-0.2, -0.15) is 0 Å². The van der Waals surface area contributed by atoms with E-state index in [4.69, 9.17) is 13.6 Å². The minimum atomic E-state index is -0.201. The molecule has 0 aliphatic carbocycles. The second kappa shape index (κ2) is 6.18. The number of hydrogen-bond acceptors (Lipinski definition) is 4. The minimum Gasteiger partial charge on any atom is -0.497 e. The SMILES string of the molecule is COc1ccc(-c2ccc(/C=C/C(=O)c3ccco3)o2)cc1. The van der Waals surface area contributed by atoms with Crippen LogP contribution >= 0.6 is 0 Å². The predicted molar refractivity (Wildman–Crippen MR) is 82.8 cm³/mol. The van der Waals surface area contributed by atoms with Gasteiger partial charge in [0.05, 0.1) is 13.4 Å². The number of furan rings is 2. The van der Waals surface area contributed by atoms with E-state index >= 15 is 0 Å². The summed E-state index contributed by atoms with van der Waals surface area (Å²) < 4.78 is 15.9. The number of ketones is 1. The molecule has 0 atom stereocenters. The Bertz CT molecular complexity index is 777. The summed E-state index contributed by atoms with van der Waals surface area (Å²) in [5.74, 6) is 2.23. The Morgan fingerprint density at radius 3 is 2.59 bits per heavy atom. The number of rotatable bonds is 5. The fraction of sp³-hybridized carbons (Fsp3) is 0.0556. The van der Waals surface area contributed by atoms with Gasteiger partial charge in [-0.3, -0.25) is 4.79 Å². The lowest BCUT2D eigenvalue weighted by Gasteiger charge is -2.00. The van der Waals surface area contributed by atoms with Crippen molar-refractivity contribution in [3.8, 4) is 17.1 Å². The van der Waals surface area contributed by atoms with Crippen LogP contribution in [0.1, 0.15) is 16.3 Å². The maximum Gasteiger partial charge on any atom is 0.221 e. The normalized spacial score (nSPS) is 11.0. The number of hydrogen-bond donors (Lipinski definition) is 0. The van der Waals surface area contributed by atoms with Crippen LogP contribution in [0.2, 0.25) is 0 Å². The first-order valence-corrected chi connectivity index (χ1v) is 6.76. The van der Waals surface area contributed by atoms with Crippen molar-refractivity contribution in [2.45, 2.75) is 0 Å². The second-order valence-corrected chi connectivity index (χ2v) is 4.61. The number of benzene rings is 1. The highest BCUT2D eigenvalue weighted by atomic mass is 16.5. The van der Waals surface area contributed by atoms with Crippen molar-refractivity contribution in [3.63, 3.8) is 0 Å². The van der Waals surface area contributed by atoms with Crippen LogP contribution in [0.3, 0.4) is 0 Å². The van der Waals surface area contributed by atoms with Crippen molar-refractivity contribution in [2.75, 3.05) is 7.11 Å². The molecule has 1 aromatic carbocycles. The van der Waals surface area contributed by atoms with Gasteiger partial charge in [-0.15, -0.1) is 0 Å². The summed E-state index contributed by atoms with van der Waals surface area (Å²) in [5.41, 5.74) is 0.942.